The van der Waals surface area contributed by atoms with Gasteiger partial charge < -0.3 is 10.1 Å². The Morgan fingerprint density at radius 2 is 1.81 bits per heavy atom. The number of nitrogens with one attached hydrogen (secondary N) is 2. The molecule has 0 aliphatic rings. The molecule has 0 bridgehead atoms. The van der Waals surface area contributed by atoms with Gasteiger partial charge in [0.05, 0.1) is 12.0 Å². The van der Waals surface area contributed by atoms with Crippen molar-refractivity contribution in [2.75, 3.05) is 12.4 Å². The molecule has 0 aliphatic carbocycles. The number of sulfonamides is 1. The predicted octanol–water partition coefficient (Wildman–Crippen LogP) is 3.09. The summed E-state index contributed by atoms with van der Waals surface area (Å²) in [5, 5.41) is 2.70. The monoisotopic (exact) mass is 394 g/mol. The summed E-state index contributed by atoms with van der Waals surface area (Å²) in [6, 6.07) is 10.3. The van der Waals surface area contributed by atoms with Gasteiger partial charge in [-0.3, -0.25) is 4.79 Å². The maximum Gasteiger partial charge on any atom is 0.240 e. The molecule has 6 nitrogen and oxygen atoms in total. The second kappa shape index (κ2) is 8.96. The maximum atomic E-state index is 13.7. The number of hydrogen-bond donors (Lipinski definition) is 2. The molecule has 8 heteroatoms. The first kappa shape index (κ1) is 20.9. The summed E-state index contributed by atoms with van der Waals surface area (Å²) in [6.45, 7) is 3.47. The molecule has 0 spiro atoms. The number of carbonyl (C=O) groups excluding carboxylic acids is 1. The number of methoxy groups -OCH3 is 1. The maximum absolute atomic E-state index is 13.7. The van der Waals surface area contributed by atoms with Crippen LogP contribution < -0.4 is 14.8 Å². The number of aryl methyl sites for hydroxylation is 1. The van der Waals surface area contributed by atoms with E-state index in [1.54, 1.807) is 19.9 Å². The average Bonchev–Trinajstić information content (AvgIpc) is 2.59. The van der Waals surface area contributed by atoms with Crippen LogP contribution in [0, 0.1) is 5.82 Å². The zero-order valence-corrected chi connectivity index (χ0v) is 16.3. The molecule has 0 heterocycles. The van der Waals surface area contributed by atoms with Crippen LogP contribution in [0.25, 0.3) is 0 Å². The van der Waals surface area contributed by atoms with E-state index in [2.05, 4.69) is 10.0 Å². The van der Waals surface area contributed by atoms with E-state index < -0.39 is 15.8 Å². The lowest BCUT2D eigenvalue weighted by Crippen LogP contribution is -2.30. The van der Waals surface area contributed by atoms with Crippen LogP contribution in [0.1, 0.15) is 25.8 Å². The van der Waals surface area contributed by atoms with E-state index in [1.807, 2.05) is 0 Å². The Morgan fingerprint density at radius 1 is 1.15 bits per heavy atom. The highest BCUT2D eigenvalue weighted by Crippen LogP contribution is 2.19. The van der Waals surface area contributed by atoms with Crippen molar-refractivity contribution in [3.63, 3.8) is 0 Å². The van der Waals surface area contributed by atoms with Gasteiger partial charge >= 0.3 is 0 Å². The quantitative estimate of drug-likeness (QED) is 0.721. The average molecular weight is 394 g/mol. The van der Waals surface area contributed by atoms with Gasteiger partial charge in [0.2, 0.25) is 15.9 Å². The summed E-state index contributed by atoms with van der Waals surface area (Å²) in [6.07, 6.45) is 0.540. The number of halogens is 1. The van der Waals surface area contributed by atoms with Gasteiger partial charge in [-0.1, -0.05) is 6.07 Å². The highest BCUT2D eigenvalue weighted by Gasteiger charge is 2.15. The molecule has 2 rings (SSSR count). The Morgan fingerprint density at radius 3 is 2.37 bits per heavy atom. The number of anilines is 1. The van der Waals surface area contributed by atoms with Crippen molar-refractivity contribution in [2.24, 2.45) is 0 Å². The first-order valence-electron chi connectivity index (χ1n) is 8.46. The molecule has 0 radical (unpaired) electrons. The first-order chi connectivity index (χ1) is 12.7. The van der Waals surface area contributed by atoms with Crippen LogP contribution in [0.15, 0.2) is 47.4 Å². The van der Waals surface area contributed by atoms with E-state index in [-0.39, 0.29) is 29.0 Å². The largest absolute Gasteiger partial charge is 0.494 e. The SMILES string of the molecule is COc1ccc(CCC(=O)Nc2ccc(S(=O)(=O)NC(C)C)cc2)cc1F. The Hall–Kier alpha value is -2.45. The second-order valence-electron chi connectivity index (χ2n) is 6.32. The molecule has 0 aliphatic heterocycles. The summed E-state index contributed by atoms with van der Waals surface area (Å²) in [5.74, 6) is -0.561. The molecule has 2 N–H and O–H groups in total. The van der Waals surface area contributed by atoms with Gasteiger partial charge in [-0.25, -0.2) is 17.5 Å². The van der Waals surface area contributed by atoms with Crippen molar-refractivity contribution in [3.8, 4) is 5.75 Å². The van der Waals surface area contributed by atoms with Gasteiger partial charge in [-0.2, -0.15) is 0 Å². The lowest BCUT2D eigenvalue weighted by Gasteiger charge is -2.10. The molecular weight excluding hydrogens is 371 g/mol. The van der Waals surface area contributed by atoms with Crippen molar-refractivity contribution < 1.29 is 22.3 Å². The smallest absolute Gasteiger partial charge is 0.240 e. The van der Waals surface area contributed by atoms with Gasteiger partial charge in [-0.15, -0.1) is 0 Å². The zero-order chi connectivity index (χ0) is 20.0. The van der Waals surface area contributed by atoms with Gasteiger partial charge in [0.1, 0.15) is 0 Å². The van der Waals surface area contributed by atoms with Crippen molar-refractivity contribution in [3.05, 3.63) is 53.8 Å². The zero-order valence-electron chi connectivity index (χ0n) is 15.5. The normalized spacial score (nSPS) is 11.4. The molecule has 1 amide bonds. The Bertz CT molecular complexity index is 896. The number of amides is 1. The minimum absolute atomic E-state index is 0.128. The minimum Gasteiger partial charge on any atom is -0.494 e. The number of hydrogen-bond acceptors (Lipinski definition) is 4. The highest BCUT2D eigenvalue weighted by atomic mass is 32.2. The van der Waals surface area contributed by atoms with Crippen LogP contribution >= 0.6 is 0 Å². The fraction of sp³-hybridized carbons (Fsp3) is 0.316. The van der Waals surface area contributed by atoms with Crippen molar-refractivity contribution in [1.29, 1.82) is 0 Å². The minimum atomic E-state index is -3.57. The molecule has 0 saturated heterocycles. The molecule has 0 saturated carbocycles. The predicted molar refractivity (Wildman–Crippen MR) is 102 cm³/mol. The lowest BCUT2D eigenvalue weighted by atomic mass is 10.1. The first-order valence-corrected chi connectivity index (χ1v) is 9.94. The number of benzene rings is 2. The van der Waals surface area contributed by atoms with Crippen LogP contribution in [0.4, 0.5) is 10.1 Å². The molecule has 2 aromatic carbocycles. The third-order valence-electron chi connectivity index (χ3n) is 3.70. The molecule has 146 valence electrons. The van der Waals surface area contributed by atoms with Gasteiger partial charge in [0.25, 0.3) is 0 Å². The number of ether oxygens (including phenoxy) is 1. The van der Waals surface area contributed by atoms with E-state index >= 15 is 0 Å². The molecular formula is C19H23FN2O4S. The molecule has 27 heavy (non-hydrogen) atoms. The van der Waals surface area contributed by atoms with E-state index in [0.29, 0.717) is 17.7 Å². The number of rotatable bonds is 8. The van der Waals surface area contributed by atoms with Crippen LogP contribution in [-0.2, 0) is 21.2 Å². The van der Waals surface area contributed by atoms with Crippen LogP contribution in [0.5, 0.6) is 5.75 Å². The van der Waals surface area contributed by atoms with Crippen molar-refractivity contribution in [2.45, 2.75) is 37.6 Å². The summed E-state index contributed by atoms with van der Waals surface area (Å²) >= 11 is 0. The standard InChI is InChI=1S/C19H23FN2O4S/c1-13(2)22-27(24,25)16-8-6-15(7-9-16)21-19(23)11-5-14-4-10-18(26-3)17(20)12-14/h4,6-10,12-13,22H,5,11H2,1-3H3,(H,21,23). The summed E-state index contributed by atoms with van der Waals surface area (Å²) in [7, 11) is -2.18. The summed E-state index contributed by atoms with van der Waals surface area (Å²) < 4.78 is 45.1. The Kier molecular flexibility index (Phi) is 6.92. The summed E-state index contributed by atoms with van der Waals surface area (Å²) in [4.78, 5) is 12.2. The molecule has 0 unspecified atom stereocenters. The van der Waals surface area contributed by atoms with Gasteiger partial charge in [0, 0.05) is 18.2 Å². The van der Waals surface area contributed by atoms with Crippen LogP contribution in [0.3, 0.4) is 0 Å². The summed E-state index contributed by atoms with van der Waals surface area (Å²) in [5.41, 5.74) is 1.18. The molecule has 2 aromatic rings. The van der Waals surface area contributed by atoms with Crippen LogP contribution in [0.2, 0.25) is 0 Å². The van der Waals surface area contributed by atoms with Crippen molar-refractivity contribution >= 4 is 21.6 Å². The Balaban J connectivity index is 1.93. The topological polar surface area (TPSA) is 84.5 Å². The molecule has 0 fully saturated rings. The van der Waals surface area contributed by atoms with E-state index in [1.165, 1.54) is 43.5 Å². The highest BCUT2D eigenvalue weighted by molar-refractivity contribution is 7.89. The fourth-order valence-corrected chi connectivity index (χ4v) is 3.69. The number of carbonyl (C=O) groups is 1. The molecule has 0 atom stereocenters. The molecule has 0 aromatic heterocycles. The van der Waals surface area contributed by atoms with Gasteiger partial charge in [0.15, 0.2) is 11.6 Å². The van der Waals surface area contributed by atoms with E-state index in [4.69, 9.17) is 4.74 Å². The van der Waals surface area contributed by atoms with E-state index in [0.717, 1.165) is 0 Å². The third kappa shape index (κ3) is 6.04. The third-order valence-corrected chi connectivity index (χ3v) is 5.37. The second-order valence-corrected chi connectivity index (χ2v) is 8.03. The van der Waals surface area contributed by atoms with E-state index in [9.17, 15) is 17.6 Å². The lowest BCUT2D eigenvalue weighted by molar-refractivity contribution is -0.116. The van der Waals surface area contributed by atoms with Gasteiger partial charge in [-0.05, 0) is 62.2 Å². The van der Waals surface area contributed by atoms with Crippen LogP contribution in [-0.4, -0.2) is 27.5 Å². The van der Waals surface area contributed by atoms with Crippen molar-refractivity contribution in [1.82, 2.24) is 4.72 Å². The fourth-order valence-electron chi connectivity index (χ4n) is 2.44. The Labute approximate surface area is 158 Å².